The molecule has 1 aromatic heterocycles. The van der Waals surface area contributed by atoms with Gasteiger partial charge in [0.1, 0.15) is 12.0 Å². The number of benzene rings is 3. The summed E-state index contributed by atoms with van der Waals surface area (Å²) in [6.45, 7) is 0. The van der Waals surface area contributed by atoms with Crippen LogP contribution < -0.4 is 10.5 Å². The monoisotopic (exact) mass is 409 g/mol. The van der Waals surface area contributed by atoms with Gasteiger partial charge in [-0.1, -0.05) is 18.2 Å². The summed E-state index contributed by atoms with van der Waals surface area (Å²) in [6, 6.07) is 18.5. The van der Waals surface area contributed by atoms with Crippen LogP contribution in [0.2, 0.25) is 0 Å². The number of nitrogens with two attached hydrogens (primary N) is 1. The van der Waals surface area contributed by atoms with E-state index in [9.17, 15) is 18.5 Å². The zero-order valence-electron chi connectivity index (χ0n) is 14.9. The molecule has 4 aromatic rings. The summed E-state index contributed by atoms with van der Waals surface area (Å²) in [5.41, 5.74) is 2.85. The molecule has 0 unspecified atom stereocenters. The normalized spacial score (nSPS) is 11.5. The molecule has 0 spiro atoms. The van der Waals surface area contributed by atoms with Gasteiger partial charge < -0.3 is 5.32 Å². The Labute approximate surface area is 165 Å². The van der Waals surface area contributed by atoms with Crippen molar-refractivity contribution in [2.24, 2.45) is 5.14 Å². The third kappa shape index (κ3) is 3.66. The number of sulfonamides is 1. The summed E-state index contributed by atoms with van der Waals surface area (Å²) in [7, 11) is -4.05. The Morgan fingerprint density at radius 3 is 2.48 bits per heavy atom. The van der Waals surface area contributed by atoms with Crippen molar-refractivity contribution in [3.05, 3.63) is 83.2 Å². The summed E-state index contributed by atoms with van der Waals surface area (Å²) >= 11 is 0. The minimum absolute atomic E-state index is 0.143. The standard InChI is InChI=1S/C19H15N5O4S/c20-29(27,28)15-7-8-16(19(11-15)24(25)26)22-13-6-9-18-17(10-13)21-12-23(18)14-4-2-1-3-5-14/h1-12,22H,(H2,20,27,28). The molecule has 0 aliphatic carbocycles. The molecule has 3 aromatic carbocycles. The maximum atomic E-state index is 11.5. The van der Waals surface area contributed by atoms with Crippen molar-refractivity contribution in [1.29, 1.82) is 0 Å². The van der Waals surface area contributed by atoms with E-state index in [4.69, 9.17) is 5.14 Å². The molecule has 4 rings (SSSR count). The number of nitro benzene ring substituents is 1. The van der Waals surface area contributed by atoms with Gasteiger partial charge in [-0.15, -0.1) is 0 Å². The summed E-state index contributed by atoms with van der Waals surface area (Å²) in [6.07, 6.45) is 1.70. The first kappa shape index (κ1) is 18.6. The van der Waals surface area contributed by atoms with E-state index < -0.39 is 20.6 Å². The predicted octanol–water partition coefficient (Wildman–Crippen LogP) is 3.32. The SMILES string of the molecule is NS(=O)(=O)c1ccc(Nc2ccc3c(c2)ncn3-c2ccccc2)c([N+](=O)[O-])c1. The average molecular weight is 409 g/mol. The van der Waals surface area contributed by atoms with Gasteiger partial charge in [0.05, 0.1) is 20.9 Å². The van der Waals surface area contributed by atoms with Gasteiger partial charge >= 0.3 is 0 Å². The average Bonchev–Trinajstić information content (AvgIpc) is 3.11. The first-order valence-corrected chi connectivity index (χ1v) is 9.98. The number of nitro groups is 1. The van der Waals surface area contributed by atoms with Crippen LogP contribution in [-0.4, -0.2) is 22.9 Å². The van der Waals surface area contributed by atoms with E-state index in [2.05, 4.69) is 10.3 Å². The number of aromatic nitrogens is 2. The number of nitrogens with zero attached hydrogens (tertiary/aromatic N) is 3. The Morgan fingerprint density at radius 2 is 1.79 bits per heavy atom. The van der Waals surface area contributed by atoms with E-state index in [1.807, 2.05) is 41.0 Å². The molecule has 0 fully saturated rings. The molecule has 0 aliphatic heterocycles. The second kappa shape index (κ2) is 7.00. The van der Waals surface area contributed by atoms with Crippen LogP contribution in [0.15, 0.2) is 78.0 Å². The van der Waals surface area contributed by atoms with Crippen LogP contribution in [0.25, 0.3) is 16.7 Å². The summed E-state index contributed by atoms with van der Waals surface area (Å²) in [5.74, 6) is 0. The Bertz CT molecular complexity index is 1330. The number of primary sulfonamides is 1. The number of hydrogen-bond acceptors (Lipinski definition) is 6. The van der Waals surface area contributed by atoms with Crippen molar-refractivity contribution < 1.29 is 13.3 Å². The summed E-state index contributed by atoms with van der Waals surface area (Å²) < 4.78 is 24.9. The quantitative estimate of drug-likeness (QED) is 0.384. The van der Waals surface area contributed by atoms with Gasteiger partial charge in [0.15, 0.2) is 0 Å². The number of imidazole rings is 1. The van der Waals surface area contributed by atoms with Crippen molar-refractivity contribution in [1.82, 2.24) is 9.55 Å². The molecule has 29 heavy (non-hydrogen) atoms. The minimum Gasteiger partial charge on any atom is -0.350 e. The van der Waals surface area contributed by atoms with Gasteiger partial charge in [-0.3, -0.25) is 14.7 Å². The van der Waals surface area contributed by atoms with E-state index in [0.717, 1.165) is 17.3 Å². The molecule has 10 heteroatoms. The summed E-state index contributed by atoms with van der Waals surface area (Å²) in [5, 5.41) is 19.4. The van der Waals surface area contributed by atoms with Crippen molar-refractivity contribution in [3.8, 4) is 5.69 Å². The molecule has 0 atom stereocenters. The lowest BCUT2D eigenvalue weighted by molar-refractivity contribution is -0.384. The first-order valence-electron chi connectivity index (χ1n) is 8.44. The molecule has 0 aliphatic rings. The highest BCUT2D eigenvalue weighted by molar-refractivity contribution is 7.89. The van der Waals surface area contributed by atoms with Crippen LogP contribution >= 0.6 is 0 Å². The van der Waals surface area contributed by atoms with Crippen molar-refractivity contribution in [2.45, 2.75) is 4.90 Å². The van der Waals surface area contributed by atoms with Gasteiger partial charge in [-0.2, -0.15) is 0 Å². The predicted molar refractivity (Wildman–Crippen MR) is 109 cm³/mol. The molecule has 0 amide bonds. The number of anilines is 2. The smallest absolute Gasteiger partial charge is 0.294 e. The molecule has 1 heterocycles. The van der Waals surface area contributed by atoms with Crippen LogP contribution in [0.4, 0.5) is 17.1 Å². The Morgan fingerprint density at radius 1 is 1.03 bits per heavy atom. The number of para-hydroxylation sites is 1. The maximum absolute atomic E-state index is 11.5. The highest BCUT2D eigenvalue weighted by atomic mass is 32.2. The number of nitrogens with one attached hydrogen (secondary N) is 1. The maximum Gasteiger partial charge on any atom is 0.294 e. The van der Waals surface area contributed by atoms with Gasteiger partial charge in [0.2, 0.25) is 10.0 Å². The van der Waals surface area contributed by atoms with Crippen LogP contribution in [0.5, 0.6) is 0 Å². The molecule has 0 saturated carbocycles. The van der Waals surface area contributed by atoms with Crippen molar-refractivity contribution in [3.63, 3.8) is 0 Å². The highest BCUT2D eigenvalue weighted by Gasteiger charge is 2.19. The molecular formula is C19H15N5O4S. The van der Waals surface area contributed by atoms with Crippen molar-refractivity contribution in [2.75, 3.05) is 5.32 Å². The molecule has 0 bridgehead atoms. The third-order valence-electron chi connectivity index (χ3n) is 4.36. The van der Waals surface area contributed by atoms with Gasteiger partial charge in [-0.25, -0.2) is 18.5 Å². The molecule has 146 valence electrons. The van der Waals surface area contributed by atoms with E-state index in [-0.39, 0.29) is 10.6 Å². The van der Waals surface area contributed by atoms with Gasteiger partial charge in [0, 0.05) is 17.4 Å². The summed E-state index contributed by atoms with van der Waals surface area (Å²) in [4.78, 5) is 14.8. The lowest BCUT2D eigenvalue weighted by Gasteiger charge is -2.09. The van der Waals surface area contributed by atoms with Crippen molar-refractivity contribution >= 4 is 38.1 Å². The molecule has 0 saturated heterocycles. The van der Waals surface area contributed by atoms with E-state index >= 15 is 0 Å². The second-order valence-electron chi connectivity index (χ2n) is 6.26. The third-order valence-corrected chi connectivity index (χ3v) is 5.27. The molecule has 0 radical (unpaired) electrons. The Hall–Kier alpha value is -3.76. The largest absolute Gasteiger partial charge is 0.350 e. The fraction of sp³-hybridized carbons (Fsp3) is 0. The zero-order chi connectivity index (χ0) is 20.6. The van der Waals surface area contributed by atoms with Crippen LogP contribution in [0.3, 0.4) is 0 Å². The number of fused-ring (bicyclic) bond motifs is 1. The van der Waals surface area contributed by atoms with E-state index in [0.29, 0.717) is 11.2 Å². The fourth-order valence-electron chi connectivity index (χ4n) is 2.99. The molecule has 3 N–H and O–H groups in total. The van der Waals surface area contributed by atoms with Gasteiger partial charge in [-0.05, 0) is 42.5 Å². The lowest BCUT2D eigenvalue weighted by Crippen LogP contribution is -2.12. The fourth-order valence-corrected chi connectivity index (χ4v) is 3.52. The molecule has 9 nitrogen and oxygen atoms in total. The Balaban J connectivity index is 1.71. The highest BCUT2D eigenvalue weighted by Crippen LogP contribution is 2.31. The van der Waals surface area contributed by atoms with E-state index in [1.54, 1.807) is 18.5 Å². The van der Waals surface area contributed by atoms with Crippen LogP contribution in [0, 0.1) is 10.1 Å². The van der Waals surface area contributed by atoms with Crippen LogP contribution in [-0.2, 0) is 10.0 Å². The Kier molecular flexibility index (Phi) is 4.49. The number of rotatable bonds is 5. The first-order chi connectivity index (χ1) is 13.8. The number of hydrogen-bond donors (Lipinski definition) is 2. The lowest BCUT2D eigenvalue weighted by atomic mass is 10.2. The van der Waals surface area contributed by atoms with Crippen LogP contribution in [0.1, 0.15) is 0 Å². The zero-order valence-corrected chi connectivity index (χ0v) is 15.7. The second-order valence-corrected chi connectivity index (χ2v) is 7.82. The molecular weight excluding hydrogens is 394 g/mol. The minimum atomic E-state index is -4.05. The topological polar surface area (TPSA) is 133 Å². The van der Waals surface area contributed by atoms with Gasteiger partial charge in [0.25, 0.3) is 5.69 Å². The van der Waals surface area contributed by atoms with E-state index in [1.165, 1.54) is 12.1 Å².